The van der Waals surface area contributed by atoms with Crippen LogP contribution in [-0.4, -0.2) is 132 Å². The molecule has 0 bridgehead atoms. The second kappa shape index (κ2) is 23.3. The summed E-state index contributed by atoms with van der Waals surface area (Å²) in [6.07, 6.45) is -7.61. The van der Waals surface area contributed by atoms with Crippen molar-refractivity contribution in [3.8, 4) is 34.5 Å². The van der Waals surface area contributed by atoms with Crippen molar-refractivity contribution in [2.45, 2.75) is 94.4 Å². The number of phenols is 1. The molecule has 17 nitrogen and oxygen atoms in total. The van der Waals surface area contributed by atoms with Gasteiger partial charge in [-0.1, -0.05) is 22.9 Å². The third kappa shape index (κ3) is 13.5. The Bertz CT molecular complexity index is 1590. The lowest BCUT2D eigenvalue weighted by Gasteiger charge is -2.44. The van der Waals surface area contributed by atoms with Crippen LogP contribution < -0.4 is 23.7 Å². The molecule has 2 aliphatic rings. The molecular weight excluding hydrogens is 944 g/mol. The van der Waals surface area contributed by atoms with Crippen LogP contribution in [-0.2, 0) is 33.3 Å². The van der Waals surface area contributed by atoms with E-state index < -0.39 is 66.9 Å². The number of alkyl halides is 1. The number of aliphatic hydroxyl groups is 4. The zero-order valence-corrected chi connectivity index (χ0v) is 36.7. The minimum atomic E-state index is -1.23. The van der Waals surface area contributed by atoms with E-state index in [1.807, 2.05) is 0 Å². The van der Waals surface area contributed by atoms with Crippen LogP contribution in [0.1, 0.15) is 40.5 Å². The first-order valence-electron chi connectivity index (χ1n) is 17.0. The standard InChI is InChI=1S/C21H27BrO10.C8H9BrO3.C7H13BrO4/c1-7-15-18(28-10(2)23)19(29-11(3)24)20(30-12(4)25)21(31-15)32-17-14(22)8-13(26-5)9-16(17)27-6;1-11-5-3-6(9)8(10)7(4-5)12-2;8-4-1-3(2-9)5(10)7(12)6(4)11/h8-9,15,18-21H,7H2,1-6H3;3-4,10H,1-2H3;3-7,9-12H,1-2H2/t15-,18-,19+,20-,21?;;3-,4+,5-,6+,7+/m1.1/s1. The predicted octanol–water partition coefficient (Wildman–Crippen LogP) is 3.79. The number of hydrogen-bond acceptors (Lipinski definition) is 17. The molecule has 1 heterocycles. The molecule has 1 unspecified atom stereocenters. The molecule has 2 aromatic rings. The molecule has 10 atom stereocenters. The first-order chi connectivity index (χ1) is 26.4. The summed E-state index contributed by atoms with van der Waals surface area (Å²) in [6, 6.07) is 6.54. The maximum atomic E-state index is 11.9. The van der Waals surface area contributed by atoms with Crippen LogP contribution in [0.4, 0.5) is 0 Å². The van der Waals surface area contributed by atoms with Crippen LogP contribution in [0.3, 0.4) is 0 Å². The molecule has 20 heteroatoms. The Hall–Kier alpha value is -3.11. The molecule has 1 aliphatic carbocycles. The van der Waals surface area contributed by atoms with Crippen molar-refractivity contribution in [1.82, 2.24) is 0 Å². The Labute approximate surface area is 349 Å². The van der Waals surface area contributed by atoms with Crippen LogP contribution >= 0.6 is 47.8 Å². The minimum Gasteiger partial charge on any atom is -0.503 e. The lowest BCUT2D eigenvalue weighted by molar-refractivity contribution is -0.284. The van der Waals surface area contributed by atoms with E-state index in [0.717, 1.165) is 0 Å². The highest BCUT2D eigenvalue weighted by Crippen LogP contribution is 2.42. The number of hydrogen-bond donors (Lipinski definition) is 5. The van der Waals surface area contributed by atoms with Gasteiger partial charge >= 0.3 is 17.9 Å². The van der Waals surface area contributed by atoms with Gasteiger partial charge in [0.2, 0.25) is 12.4 Å². The number of phenolic OH excluding ortho intramolecular Hbond substituents is 1. The number of esters is 3. The minimum absolute atomic E-state index is 0.0818. The monoisotopic (exact) mass is 990 g/mol. The predicted molar refractivity (Wildman–Crippen MR) is 208 cm³/mol. The van der Waals surface area contributed by atoms with Gasteiger partial charge in [-0.05, 0) is 56.8 Å². The number of carbonyl (C=O) groups is 3. The van der Waals surface area contributed by atoms with Crippen molar-refractivity contribution in [3.05, 3.63) is 33.2 Å². The largest absolute Gasteiger partial charge is 0.503 e. The van der Waals surface area contributed by atoms with E-state index >= 15 is 0 Å². The lowest BCUT2D eigenvalue weighted by Crippen LogP contribution is -2.62. The van der Waals surface area contributed by atoms with Crippen LogP contribution in [0.25, 0.3) is 0 Å². The van der Waals surface area contributed by atoms with Gasteiger partial charge in [-0.15, -0.1) is 0 Å². The van der Waals surface area contributed by atoms with Crippen molar-refractivity contribution in [1.29, 1.82) is 0 Å². The van der Waals surface area contributed by atoms with Gasteiger partial charge in [-0.2, -0.15) is 0 Å². The second-order valence-corrected chi connectivity index (χ2v) is 15.1. The lowest BCUT2D eigenvalue weighted by atomic mass is 9.83. The van der Waals surface area contributed by atoms with Gasteiger partial charge in [-0.3, -0.25) is 14.4 Å². The Kier molecular flexibility index (Phi) is 20.4. The summed E-state index contributed by atoms with van der Waals surface area (Å²) >= 11 is 9.75. The first kappa shape index (κ1) is 49.0. The molecule has 2 fully saturated rings. The molecule has 56 heavy (non-hydrogen) atoms. The zero-order valence-electron chi connectivity index (χ0n) is 32.0. The van der Waals surface area contributed by atoms with Gasteiger partial charge < -0.3 is 68.2 Å². The first-order valence-corrected chi connectivity index (χ1v) is 19.5. The fourth-order valence-corrected chi connectivity index (χ4v) is 7.32. The molecule has 0 radical (unpaired) electrons. The molecule has 0 aromatic heterocycles. The third-order valence-electron chi connectivity index (χ3n) is 8.35. The topological polar surface area (TPSA) is 235 Å². The van der Waals surface area contributed by atoms with E-state index in [0.29, 0.717) is 44.8 Å². The average molecular weight is 993 g/mol. The highest BCUT2D eigenvalue weighted by Gasteiger charge is 2.52. The molecule has 5 N–H and O–H groups in total. The number of methoxy groups -OCH3 is 4. The molecule has 0 spiro atoms. The number of rotatable bonds is 11. The van der Waals surface area contributed by atoms with Crippen molar-refractivity contribution < 1.29 is 82.5 Å². The maximum absolute atomic E-state index is 11.9. The fourth-order valence-electron chi connectivity index (χ4n) is 5.59. The highest BCUT2D eigenvalue weighted by molar-refractivity contribution is 9.11. The number of halogens is 3. The average Bonchev–Trinajstić information content (AvgIpc) is 3.15. The second-order valence-electron chi connectivity index (χ2n) is 12.3. The molecule has 1 saturated carbocycles. The number of aromatic hydroxyl groups is 1. The molecule has 4 rings (SSSR count). The van der Waals surface area contributed by atoms with E-state index in [-0.39, 0.29) is 28.9 Å². The van der Waals surface area contributed by atoms with Gasteiger partial charge in [0.25, 0.3) is 0 Å². The van der Waals surface area contributed by atoms with Gasteiger partial charge in [0.1, 0.15) is 23.7 Å². The number of aliphatic hydroxyl groups excluding tert-OH is 4. The summed E-state index contributed by atoms with van der Waals surface area (Å²) in [5, 5.41) is 46.1. The summed E-state index contributed by atoms with van der Waals surface area (Å²) in [7, 11) is 6.00. The third-order valence-corrected chi connectivity index (χ3v) is 10.5. The summed E-state index contributed by atoms with van der Waals surface area (Å²) in [6.45, 7) is 5.25. The number of carbonyl (C=O) groups excluding carboxylic acids is 3. The van der Waals surface area contributed by atoms with E-state index in [2.05, 4.69) is 47.8 Å². The summed E-state index contributed by atoms with van der Waals surface area (Å²) in [5.41, 5.74) is 0. The summed E-state index contributed by atoms with van der Waals surface area (Å²) in [5.74, 6) is -0.0806. The molecule has 316 valence electrons. The van der Waals surface area contributed by atoms with Crippen molar-refractivity contribution in [2.75, 3.05) is 35.0 Å². The smallest absolute Gasteiger partial charge is 0.303 e. The van der Waals surface area contributed by atoms with Gasteiger partial charge in [0, 0.05) is 50.3 Å². The molecular formula is C36H49Br3O17. The maximum Gasteiger partial charge on any atom is 0.303 e. The Morgan fingerprint density at radius 1 is 0.732 bits per heavy atom. The Balaban J connectivity index is 0.000000365. The normalized spacial score (nSPS) is 26.8. The van der Waals surface area contributed by atoms with Gasteiger partial charge in [0.05, 0.1) is 49.6 Å². The molecule has 0 amide bonds. The van der Waals surface area contributed by atoms with E-state index in [9.17, 15) is 34.8 Å². The van der Waals surface area contributed by atoms with E-state index in [4.69, 9.17) is 47.7 Å². The van der Waals surface area contributed by atoms with Crippen molar-refractivity contribution in [2.24, 2.45) is 5.92 Å². The van der Waals surface area contributed by atoms with E-state index in [1.54, 1.807) is 38.3 Å². The van der Waals surface area contributed by atoms with Gasteiger partial charge in [-0.25, -0.2) is 0 Å². The Morgan fingerprint density at radius 3 is 1.71 bits per heavy atom. The van der Waals surface area contributed by atoms with Crippen molar-refractivity contribution >= 4 is 65.7 Å². The summed E-state index contributed by atoms with van der Waals surface area (Å²) < 4.78 is 49.8. The SMILES string of the molecule is CC[C@H]1OC(Oc2c(Br)cc(OC)cc2OC)[C@H](OC(C)=O)[C@@H](OC(C)=O)[C@@H]1OC(C)=O.COc1cc(Br)c(O)c(OC)c1.OC[C@H]1C[C@H](Br)[C@H](O)[C@@H](O)[C@@H]1O. The van der Waals surface area contributed by atoms with Gasteiger partial charge in [0.15, 0.2) is 35.2 Å². The quantitative estimate of drug-likeness (QED) is 0.122. The molecule has 1 aliphatic heterocycles. The Morgan fingerprint density at radius 2 is 1.23 bits per heavy atom. The van der Waals surface area contributed by atoms with Crippen LogP contribution in [0.2, 0.25) is 0 Å². The number of benzene rings is 2. The summed E-state index contributed by atoms with van der Waals surface area (Å²) in [4.78, 5) is 35.1. The van der Waals surface area contributed by atoms with E-state index in [1.165, 1.54) is 42.1 Å². The van der Waals surface area contributed by atoms with Crippen LogP contribution in [0.15, 0.2) is 33.2 Å². The van der Waals surface area contributed by atoms with Crippen LogP contribution in [0.5, 0.6) is 34.5 Å². The molecule has 1 saturated heterocycles. The number of ether oxygens (including phenoxy) is 9. The van der Waals surface area contributed by atoms with Crippen molar-refractivity contribution in [3.63, 3.8) is 0 Å². The highest BCUT2D eigenvalue weighted by atomic mass is 79.9. The van der Waals surface area contributed by atoms with Crippen LogP contribution in [0, 0.1) is 5.92 Å². The fraction of sp³-hybridized carbons (Fsp3) is 0.583. The molecule has 2 aromatic carbocycles. The zero-order chi connectivity index (χ0) is 42.4.